The Labute approximate surface area is 125 Å². The molecule has 0 amide bonds. The SMILES string of the molecule is CCC1CCN(S(=O)(=O)c2cccc3cc(N)ccc23)C1. The van der Waals surface area contributed by atoms with Gasteiger partial charge in [-0.3, -0.25) is 0 Å². The first kappa shape index (κ1) is 14.4. The summed E-state index contributed by atoms with van der Waals surface area (Å²) in [7, 11) is -3.43. The molecule has 1 aliphatic heterocycles. The van der Waals surface area contributed by atoms with Crippen LogP contribution in [-0.2, 0) is 10.0 Å². The molecule has 2 aromatic rings. The minimum Gasteiger partial charge on any atom is -0.399 e. The Morgan fingerprint density at radius 3 is 2.81 bits per heavy atom. The van der Waals surface area contributed by atoms with E-state index in [-0.39, 0.29) is 0 Å². The van der Waals surface area contributed by atoms with Crippen molar-refractivity contribution in [2.45, 2.75) is 24.7 Å². The Morgan fingerprint density at radius 1 is 1.29 bits per heavy atom. The summed E-state index contributed by atoms with van der Waals surface area (Å²) in [5.41, 5.74) is 6.42. The zero-order chi connectivity index (χ0) is 15.0. The van der Waals surface area contributed by atoms with E-state index in [1.807, 2.05) is 12.1 Å². The minimum absolute atomic E-state index is 0.386. The van der Waals surface area contributed by atoms with Crippen molar-refractivity contribution in [3.8, 4) is 0 Å². The van der Waals surface area contributed by atoms with E-state index in [4.69, 9.17) is 5.73 Å². The van der Waals surface area contributed by atoms with Crippen LogP contribution in [0, 0.1) is 5.92 Å². The maximum atomic E-state index is 12.9. The molecule has 2 N–H and O–H groups in total. The van der Waals surface area contributed by atoms with E-state index in [1.54, 1.807) is 28.6 Å². The van der Waals surface area contributed by atoms with Gasteiger partial charge >= 0.3 is 0 Å². The topological polar surface area (TPSA) is 63.4 Å². The van der Waals surface area contributed by atoms with Gasteiger partial charge in [0.05, 0.1) is 4.90 Å². The second kappa shape index (κ2) is 5.31. The Balaban J connectivity index is 2.07. The summed E-state index contributed by atoms with van der Waals surface area (Å²) in [6.45, 7) is 3.36. The van der Waals surface area contributed by atoms with Gasteiger partial charge in [0.15, 0.2) is 0 Å². The smallest absolute Gasteiger partial charge is 0.243 e. The lowest BCUT2D eigenvalue weighted by molar-refractivity contribution is 0.453. The fourth-order valence-corrected chi connectivity index (χ4v) is 4.73. The summed E-state index contributed by atoms with van der Waals surface area (Å²) in [5, 5.41) is 1.61. The molecule has 0 aromatic heterocycles. The first-order chi connectivity index (χ1) is 10.0. The highest BCUT2D eigenvalue weighted by Gasteiger charge is 2.32. The predicted octanol–water partition coefficient (Wildman–Crippen LogP) is 2.84. The highest BCUT2D eigenvalue weighted by Crippen LogP contribution is 2.30. The zero-order valence-electron chi connectivity index (χ0n) is 12.1. The molecule has 5 heteroatoms. The molecule has 0 saturated carbocycles. The van der Waals surface area contributed by atoms with Crippen molar-refractivity contribution in [1.29, 1.82) is 0 Å². The van der Waals surface area contributed by atoms with Crippen LogP contribution in [0.2, 0.25) is 0 Å². The van der Waals surface area contributed by atoms with Gasteiger partial charge < -0.3 is 5.73 Å². The van der Waals surface area contributed by atoms with E-state index in [0.29, 0.717) is 29.6 Å². The molecule has 0 radical (unpaired) electrons. The van der Waals surface area contributed by atoms with Crippen LogP contribution >= 0.6 is 0 Å². The molecule has 21 heavy (non-hydrogen) atoms. The third-order valence-electron chi connectivity index (χ3n) is 4.31. The molecule has 0 spiro atoms. The molecule has 1 atom stereocenters. The third-order valence-corrected chi connectivity index (χ3v) is 6.23. The molecule has 1 saturated heterocycles. The maximum Gasteiger partial charge on any atom is 0.243 e. The molecule has 0 bridgehead atoms. The quantitative estimate of drug-likeness (QED) is 0.887. The maximum absolute atomic E-state index is 12.9. The molecule has 1 aliphatic rings. The second-order valence-corrected chi connectivity index (χ2v) is 7.57. The van der Waals surface area contributed by atoms with Gasteiger partial charge in [0.2, 0.25) is 10.0 Å². The molecule has 0 aliphatic carbocycles. The number of nitrogen functional groups attached to an aromatic ring is 1. The lowest BCUT2D eigenvalue weighted by Crippen LogP contribution is -2.29. The van der Waals surface area contributed by atoms with Crippen LogP contribution in [-0.4, -0.2) is 25.8 Å². The van der Waals surface area contributed by atoms with Crippen LogP contribution in [0.5, 0.6) is 0 Å². The van der Waals surface area contributed by atoms with Crippen LogP contribution in [0.15, 0.2) is 41.3 Å². The summed E-state index contributed by atoms with van der Waals surface area (Å²) in [5.74, 6) is 0.477. The number of hydrogen-bond donors (Lipinski definition) is 1. The van der Waals surface area contributed by atoms with Gasteiger partial charge in [0.25, 0.3) is 0 Å². The van der Waals surface area contributed by atoms with Crippen LogP contribution in [0.3, 0.4) is 0 Å². The first-order valence-electron chi connectivity index (χ1n) is 7.31. The number of anilines is 1. The van der Waals surface area contributed by atoms with Crippen molar-refractivity contribution in [2.24, 2.45) is 5.92 Å². The largest absolute Gasteiger partial charge is 0.399 e. The van der Waals surface area contributed by atoms with E-state index in [0.717, 1.165) is 23.6 Å². The van der Waals surface area contributed by atoms with E-state index in [2.05, 4.69) is 6.92 Å². The van der Waals surface area contributed by atoms with Crippen molar-refractivity contribution in [2.75, 3.05) is 18.8 Å². The summed E-state index contributed by atoms with van der Waals surface area (Å²) in [4.78, 5) is 0.386. The van der Waals surface area contributed by atoms with Gasteiger partial charge in [0.1, 0.15) is 0 Å². The van der Waals surface area contributed by atoms with Crippen molar-refractivity contribution in [3.63, 3.8) is 0 Å². The molecule has 4 nitrogen and oxygen atoms in total. The number of hydrogen-bond acceptors (Lipinski definition) is 3. The van der Waals surface area contributed by atoms with E-state index < -0.39 is 10.0 Å². The summed E-state index contributed by atoms with van der Waals surface area (Å²) < 4.78 is 27.4. The first-order valence-corrected chi connectivity index (χ1v) is 8.75. The molecule has 1 heterocycles. The van der Waals surface area contributed by atoms with Crippen LogP contribution < -0.4 is 5.73 Å². The third kappa shape index (κ3) is 2.51. The number of fused-ring (bicyclic) bond motifs is 1. The molecular formula is C16H20N2O2S. The standard InChI is InChI=1S/C16H20N2O2S/c1-2-12-8-9-18(11-12)21(19,20)16-5-3-4-13-10-14(17)6-7-15(13)16/h3-7,10,12H,2,8-9,11,17H2,1H3. The van der Waals surface area contributed by atoms with E-state index in [9.17, 15) is 8.42 Å². The van der Waals surface area contributed by atoms with Crippen LogP contribution in [0.1, 0.15) is 19.8 Å². The number of sulfonamides is 1. The number of rotatable bonds is 3. The van der Waals surface area contributed by atoms with Crippen molar-refractivity contribution >= 4 is 26.5 Å². The lowest BCUT2D eigenvalue weighted by atomic mass is 10.1. The average Bonchev–Trinajstić information content (AvgIpc) is 2.96. The molecule has 1 fully saturated rings. The van der Waals surface area contributed by atoms with Crippen molar-refractivity contribution in [3.05, 3.63) is 36.4 Å². The average molecular weight is 304 g/mol. The van der Waals surface area contributed by atoms with Gasteiger partial charge in [-0.1, -0.05) is 31.5 Å². The van der Waals surface area contributed by atoms with Crippen LogP contribution in [0.25, 0.3) is 10.8 Å². The fraction of sp³-hybridized carbons (Fsp3) is 0.375. The Kier molecular flexibility index (Phi) is 3.63. The monoisotopic (exact) mass is 304 g/mol. The highest BCUT2D eigenvalue weighted by atomic mass is 32.2. The van der Waals surface area contributed by atoms with Gasteiger partial charge in [-0.15, -0.1) is 0 Å². The number of nitrogens with zero attached hydrogens (tertiary/aromatic N) is 1. The second-order valence-electron chi connectivity index (χ2n) is 5.66. The fourth-order valence-electron chi connectivity index (χ4n) is 2.99. The zero-order valence-corrected chi connectivity index (χ0v) is 12.9. The molecule has 1 unspecified atom stereocenters. The normalized spacial score (nSPS) is 20.1. The summed E-state index contributed by atoms with van der Waals surface area (Å²) in [6, 6.07) is 10.7. The number of benzene rings is 2. The van der Waals surface area contributed by atoms with Gasteiger partial charge in [0, 0.05) is 24.2 Å². The Bertz CT molecular complexity index is 771. The summed E-state index contributed by atoms with van der Waals surface area (Å²) in [6.07, 6.45) is 1.98. The van der Waals surface area contributed by atoms with Crippen LogP contribution in [0.4, 0.5) is 5.69 Å². The highest BCUT2D eigenvalue weighted by molar-refractivity contribution is 7.89. The van der Waals surface area contributed by atoms with Gasteiger partial charge in [-0.2, -0.15) is 4.31 Å². The summed E-state index contributed by atoms with van der Waals surface area (Å²) >= 11 is 0. The van der Waals surface area contributed by atoms with E-state index in [1.165, 1.54) is 0 Å². The Hall–Kier alpha value is -1.59. The van der Waals surface area contributed by atoms with Crippen molar-refractivity contribution in [1.82, 2.24) is 4.31 Å². The molecule has 112 valence electrons. The minimum atomic E-state index is -3.43. The van der Waals surface area contributed by atoms with Gasteiger partial charge in [-0.25, -0.2) is 8.42 Å². The predicted molar refractivity (Wildman–Crippen MR) is 85.5 cm³/mol. The van der Waals surface area contributed by atoms with E-state index >= 15 is 0 Å². The molecule has 3 rings (SSSR count). The molecule has 2 aromatic carbocycles. The lowest BCUT2D eigenvalue weighted by Gasteiger charge is -2.18. The van der Waals surface area contributed by atoms with Gasteiger partial charge in [-0.05, 0) is 35.9 Å². The molecular weight excluding hydrogens is 284 g/mol. The van der Waals surface area contributed by atoms with Crippen molar-refractivity contribution < 1.29 is 8.42 Å². The Morgan fingerprint density at radius 2 is 2.10 bits per heavy atom. The number of nitrogens with two attached hydrogens (primary N) is 1.